The number of halogens is 1. The van der Waals surface area contributed by atoms with Gasteiger partial charge in [0.15, 0.2) is 5.11 Å². The second-order valence-electron chi connectivity index (χ2n) is 5.95. The molecule has 1 aromatic rings. The molecule has 4 heteroatoms. The van der Waals surface area contributed by atoms with E-state index in [-0.39, 0.29) is 5.82 Å². The van der Waals surface area contributed by atoms with Crippen LogP contribution in [0.5, 0.6) is 0 Å². The highest BCUT2D eigenvalue weighted by Gasteiger charge is 2.31. The molecule has 108 valence electrons. The second-order valence-corrected chi connectivity index (χ2v) is 6.34. The largest absolute Gasteiger partial charge is 0.349 e. The molecule has 1 heterocycles. The first-order valence-electron chi connectivity index (χ1n) is 7.54. The van der Waals surface area contributed by atoms with Crippen molar-refractivity contribution in [2.75, 3.05) is 18.4 Å². The zero-order chi connectivity index (χ0) is 13.9. The van der Waals surface area contributed by atoms with Gasteiger partial charge >= 0.3 is 0 Å². The number of piperidine rings is 1. The molecular weight excluding hydrogens is 271 g/mol. The molecule has 0 radical (unpaired) electrons. The monoisotopic (exact) mass is 292 g/mol. The number of hydrogen-bond donors (Lipinski definition) is 1. The minimum Gasteiger partial charge on any atom is -0.349 e. The lowest BCUT2D eigenvalue weighted by molar-refractivity contribution is 0.131. The van der Waals surface area contributed by atoms with Crippen LogP contribution in [0.4, 0.5) is 10.1 Å². The number of likely N-dealkylation sites (tertiary alicyclic amines) is 1. The van der Waals surface area contributed by atoms with Crippen LogP contribution in [-0.4, -0.2) is 23.1 Å². The average Bonchev–Trinajstić information content (AvgIpc) is 2.49. The average molecular weight is 292 g/mol. The number of hydrogen-bond acceptors (Lipinski definition) is 1. The second kappa shape index (κ2) is 6.08. The Morgan fingerprint density at radius 1 is 1.15 bits per heavy atom. The standard InChI is InChI=1S/C16H21FN2S/c17-14-7-3-4-8-15(14)18-16(20)19-10-9-12-5-1-2-6-13(12)11-19/h3-4,7-8,12-13H,1-2,5-6,9-11H2,(H,18,20)/t12-,13-/m0/s1. The SMILES string of the molecule is Fc1ccccc1NC(=S)N1CC[C@@H]2CCCC[C@H]2C1. The molecule has 3 rings (SSSR count). The Balaban J connectivity index is 1.62. The molecule has 2 atom stereocenters. The number of para-hydroxylation sites is 1. The molecule has 1 saturated carbocycles. The van der Waals surface area contributed by atoms with E-state index >= 15 is 0 Å². The quantitative estimate of drug-likeness (QED) is 0.787. The molecule has 1 aromatic carbocycles. The van der Waals surface area contributed by atoms with Gasteiger partial charge in [-0.05, 0) is 49.0 Å². The Bertz CT molecular complexity index is 491. The maximum absolute atomic E-state index is 13.6. The molecule has 0 amide bonds. The van der Waals surface area contributed by atoms with Crippen LogP contribution in [0.1, 0.15) is 32.1 Å². The van der Waals surface area contributed by atoms with Crippen LogP contribution < -0.4 is 5.32 Å². The maximum atomic E-state index is 13.6. The van der Waals surface area contributed by atoms with Gasteiger partial charge in [-0.15, -0.1) is 0 Å². The molecule has 1 aliphatic heterocycles. The number of benzene rings is 1. The number of anilines is 1. The van der Waals surface area contributed by atoms with E-state index in [1.54, 1.807) is 12.1 Å². The van der Waals surface area contributed by atoms with Gasteiger partial charge in [-0.1, -0.05) is 31.4 Å². The van der Waals surface area contributed by atoms with Gasteiger partial charge in [0.1, 0.15) is 5.82 Å². The molecule has 0 bridgehead atoms. The fourth-order valence-electron chi connectivity index (χ4n) is 3.54. The van der Waals surface area contributed by atoms with Crippen molar-refractivity contribution in [2.45, 2.75) is 32.1 Å². The third-order valence-electron chi connectivity index (χ3n) is 4.69. The van der Waals surface area contributed by atoms with Gasteiger partial charge in [0.25, 0.3) is 0 Å². The number of fused-ring (bicyclic) bond motifs is 1. The summed E-state index contributed by atoms with van der Waals surface area (Å²) in [6.45, 7) is 2.03. The summed E-state index contributed by atoms with van der Waals surface area (Å²) in [5, 5.41) is 3.72. The van der Waals surface area contributed by atoms with Crippen molar-refractivity contribution in [1.82, 2.24) is 4.90 Å². The van der Waals surface area contributed by atoms with Gasteiger partial charge in [0, 0.05) is 13.1 Å². The highest BCUT2D eigenvalue weighted by Crippen LogP contribution is 2.36. The van der Waals surface area contributed by atoms with Crippen molar-refractivity contribution < 1.29 is 4.39 Å². The van der Waals surface area contributed by atoms with Crippen LogP contribution in [0.2, 0.25) is 0 Å². The van der Waals surface area contributed by atoms with E-state index in [4.69, 9.17) is 12.2 Å². The summed E-state index contributed by atoms with van der Waals surface area (Å²) in [5.41, 5.74) is 0.475. The van der Waals surface area contributed by atoms with E-state index in [9.17, 15) is 4.39 Å². The molecule has 0 aromatic heterocycles. The van der Waals surface area contributed by atoms with Crippen LogP contribution in [0.3, 0.4) is 0 Å². The Morgan fingerprint density at radius 2 is 1.90 bits per heavy atom. The summed E-state index contributed by atoms with van der Waals surface area (Å²) >= 11 is 5.46. The first kappa shape index (κ1) is 13.8. The fourth-order valence-corrected chi connectivity index (χ4v) is 3.82. The number of nitrogens with zero attached hydrogens (tertiary/aromatic N) is 1. The van der Waals surface area contributed by atoms with Gasteiger partial charge < -0.3 is 10.2 Å². The summed E-state index contributed by atoms with van der Waals surface area (Å²) in [4.78, 5) is 2.22. The van der Waals surface area contributed by atoms with Crippen molar-refractivity contribution in [3.05, 3.63) is 30.1 Å². The lowest BCUT2D eigenvalue weighted by Crippen LogP contribution is -2.46. The third kappa shape index (κ3) is 2.95. The molecule has 20 heavy (non-hydrogen) atoms. The third-order valence-corrected chi connectivity index (χ3v) is 5.05. The van der Waals surface area contributed by atoms with E-state index in [1.807, 2.05) is 6.07 Å². The first-order chi connectivity index (χ1) is 9.74. The van der Waals surface area contributed by atoms with Crippen LogP contribution in [0.15, 0.2) is 24.3 Å². The summed E-state index contributed by atoms with van der Waals surface area (Å²) in [5.74, 6) is 1.41. The smallest absolute Gasteiger partial charge is 0.173 e. The summed E-state index contributed by atoms with van der Waals surface area (Å²) in [7, 11) is 0. The van der Waals surface area contributed by atoms with Crippen LogP contribution in [-0.2, 0) is 0 Å². The van der Waals surface area contributed by atoms with Gasteiger partial charge in [-0.3, -0.25) is 0 Å². The Kier molecular flexibility index (Phi) is 4.20. The molecule has 0 spiro atoms. The lowest BCUT2D eigenvalue weighted by atomic mass is 9.75. The van der Waals surface area contributed by atoms with Crippen molar-refractivity contribution in [2.24, 2.45) is 11.8 Å². The molecule has 1 N–H and O–H groups in total. The predicted molar refractivity (Wildman–Crippen MR) is 84.3 cm³/mol. The van der Waals surface area contributed by atoms with E-state index in [0.717, 1.165) is 24.9 Å². The Labute approximate surface area is 125 Å². The molecule has 2 aliphatic rings. The molecule has 2 fully saturated rings. The normalized spacial score (nSPS) is 25.9. The minimum absolute atomic E-state index is 0.248. The summed E-state index contributed by atoms with van der Waals surface area (Å²) in [6.07, 6.45) is 6.67. The Morgan fingerprint density at radius 3 is 2.70 bits per heavy atom. The molecule has 1 aliphatic carbocycles. The van der Waals surface area contributed by atoms with E-state index in [0.29, 0.717) is 10.8 Å². The molecule has 0 unspecified atom stereocenters. The van der Waals surface area contributed by atoms with Crippen molar-refractivity contribution >= 4 is 23.0 Å². The van der Waals surface area contributed by atoms with Gasteiger partial charge in [-0.2, -0.15) is 0 Å². The molecule has 1 saturated heterocycles. The van der Waals surface area contributed by atoms with Crippen molar-refractivity contribution in [1.29, 1.82) is 0 Å². The number of rotatable bonds is 1. The highest BCUT2D eigenvalue weighted by atomic mass is 32.1. The van der Waals surface area contributed by atoms with Crippen LogP contribution in [0, 0.1) is 17.7 Å². The molecular formula is C16H21FN2S. The zero-order valence-corrected chi connectivity index (χ0v) is 12.5. The number of thiocarbonyl (C=S) groups is 1. The predicted octanol–water partition coefficient (Wildman–Crippen LogP) is 4.03. The van der Waals surface area contributed by atoms with Crippen molar-refractivity contribution in [3.63, 3.8) is 0 Å². The Hall–Kier alpha value is -1.16. The van der Waals surface area contributed by atoms with Gasteiger partial charge in [0.05, 0.1) is 5.69 Å². The van der Waals surface area contributed by atoms with Crippen LogP contribution >= 0.6 is 12.2 Å². The minimum atomic E-state index is -0.248. The maximum Gasteiger partial charge on any atom is 0.173 e. The topological polar surface area (TPSA) is 15.3 Å². The summed E-state index contributed by atoms with van der Waals surface area (Å²) in [6, 6.07) is 6.70. The van der Waals surface area contributed by atoms with Gasteiger partial charge in [0.2, 0.25) is 0 Å². The fraction of sp³-hybridized carbons (Fsp3) is 0.562. The number of nitrogens with one attached hydrogen (secondary N) is 1. The summed E-state index contributed by atoms with van der Waals surface area (Å²) < 4.78 is 13.6. The van der Waals surface area contributed by atoms with Crippen LogP contribution in [0.25, 0.3) is 0 Å². The molecule has 2 nitrogen and oxygen atoms in total. The van der Waals surface area contributed by atoms with E-state index < -0.39 is 0 Å². The highest BCUT2D eigenvalue weighted by molar-refractivity contribution is 7.80. The first-order valence-corrected chi connectivity index (χ1v) is 7.95. The van der Waals surface area contributed by atoms with Crippen molar-refractivity contribution in [3.8, 4) is 0 Å². The zero-order valence-electron chi connectivity index (χ0n) is 11.6. The lowest BCUT2D eigenvalue weighted by Gasteiger charge is -2.42. The van der Waals surface area contributed by atoms with Gasteiger partial charge in [-0.25, -0.2) is 4.39 Å². The van der Waals surface area contributed by atoms with E-state index in [1.165, 1.54) is 38.2 Å². The van der Waals surface area contributed by atoms with E-state index in [2.05, 4.69) is 10.2 Å².